The molecule has 6 nitrogen and oxygen atoms in total. The first-order valence-corrected chi connectivity index (χ1v) is 6.46. The number of rotatable bonds is 6. The molecule has 0 amide bonds. The van der Waals surface area contributed by atoms with Crippen molar-refractivity contribution in [2.45, 2.75) is 60.8 Å². The van der Waals surface area contributed by atoms with Crippen LogP contribution in [0.2, 0.25) is 0 Å². The first kappa shape index (κ1) is 56.6. The van der Waals surface area contributed by atoms with E-state index in [1.807, 2.05) is 0 Å². The Balaban J connectivity index is -0.0000000231. The van der Waals surface area contributed by atoms with Gasteiger partial charge in [0.1, 0.15) is 0 Å². The molecule has 0 spiro atoms. The fourth-order valence-corrected chi connectivity index (χ4v) is 1.11. The van der Waals surface area contributed by atoms with E-state index in [-0.39, 0.29) is 139 Å². The molecule has 0 atom stereocenters. The van der Waals surface area contributed by atoms with Gasteiger partial charge in [-0.1, -0.05) is 0 Å². The van der Waals surface area contributed by atoms with Gasteiger partial charge in [0.2, 0.25) is 0 Å². The van der Waals surface area contributed by atoms with Crippen LogP contribution in [0.3, 0.4) is 0 Å². The van der Waals surface area contributed by atoms with Gasteiger partial charge in [0.05, 0.1) is 0 Å². The molecule has 0 aliphatic heterocycles. The Labute approximate surface area is 226 Å². The van der Waals surface area contributed by atoms with Crippen LogP contribution < -0.4 is 0 Å². The van der Waals surface area contributed by atoms with Crippen molar-refractivity contribution >= 4 is 34.7 Å². The van der Waals surface area contributed by atoms with E-state index in [0.717, 1.165) is 0 Å². The summed E-state index contributed by atoms with van der Waals surface area (Å²) in [5, 5.41) is 0. The molecule has 0 radical (unpaired) electrons. The first-order valence-electron chi connectivity index (χ1n) is 6.46. The first-order chi connectivity index (χ1) is 9.38. The van der Waals surface area contributed by atoms with E-state index in [0.29, 0.717) is 19.3 Å². The van der Waals surface area contributed by atoms with Crippen LogP contribution in [0.1, 0.15) is 60.8 Å². The zero-order valence-electron chi connectivity index (χ0n) is 16.3. The fourth-order valence-electron chi connectivity index (χ4n) is 1.11. The van der Waals surface area contributed by atoms with Crippen LogP contribution >= 0.6 is 0 Å². The molecular weight excluding hydrogens is 588 g/mol. The molecule has 0 bridgehead atoms. The zero-order valence-corrected chi connectivity index (χ0v) is 23.9. The van der Waals surface area contributed by atoms with E-state index in [1.165, 1.54) is 0 Å². The van der Waals surface area contributed by atoms with E-state index in [9.17, 15) is 0 Å². The minimum absolute atomic E-state index is 0. The van der Waals surface area contributed by atoms with Crippen LogP contribution in [0.4, 0.5) is 0 Å². The van der Waals surface area contributed by atoms with Gasteiger partial charge < -0.3 is 0 Å². The maximum absolute atomic E-state index is 8.46. The van der Waals surface area contributed by atoms with Crippen LogP contribution in [0.15, 0.2) is 0 Å². The second-order valence-electron chi connectivity index (χ2n) is 4.94. The zero-order chi connectivity index (χ0) is 17.6. The number of hydrogen-bond donors (Lipinski definition) is 0. The van der Waals surface area contributed by atoms with Gasteiger partial charge in [-0.2, -0.15) is 0 Å². The van der Waals surface area contributed by atoms with Crippen molar-refractivity contribution in [3.63, 3.8) is 0 Å². The van der Waals surface area contributed by atoms with E-state index < -0.39 is 0 Å². The van der Waals surface area contributed by atoms with Gasteiger partial charge in [0.15, 0.2) is 19.3 Å². The standard InChI is InChI=1S/3C5H8O2.6Cr/c3*1-4(6)3-5(2)7;;;;;;/h3*3H2,1-2H3;;;;;;/p+6. The van der Waals surface area contributed by atoms with Crippen molar-refractivity contribution in [2.75, 3.05) is 0 Å². The molecule has 0 unspecified atom stereocenters. The van der Waals surface area contributed by atoms with Crippen molar-refractivity contribution in [2.24, 2.45) is 0 Å². The van der Waals surface area contributed by atoms with Crippen molar-refractivity contribution < 1.29 is 133 Å². The van der Waals surface area contributed by atoms with Crippen molar-refractivity contribution in [3.8, 4) is 0 Å². The summed E-state index contributed by atoms with van der Waals surface area (Å²) in [6.45, 7) is 9.33. The third-order valence-electron chi connectivity index (χ3n) is 1.54. The van der Waals surface area contributed by atoms with E-state index in [4.69, 9.17) is 28.8 Å². The molecule has 0 saturated heterocycles. The average Bonchev–Trinajstić information content (AvgIpc) is 2.10. The maximum Gasteiger partial charge on any atom is 0.302 e. The second kappa shape index (κ2) is 37.9. The third kappa shape index (κ3) is 99.1. The van der Waals surface area contributed by atoms with Crippen molar-refractivity contribution in [1.82, 2.24) is 0 Å². The Kier molecular flexibility index (Phi) is 79.4. The van der Waals surface area contributed by atoms with E-state index >= 15 is 0 Å². The molecule has 0 aromatic carbocycles. The second-order valence-corrected chi connectivity index (χ2v) is 4.94. The molecule has 0 aromatic rings. The molecular formula is C15H30Cr6O6+6. The molecule has 12 heteroatoms. The summed E-state index contributed by atoms with van der Waals surface area (Å²) in [5.74, 6) is 1.50. The topological polar surface area (TPSA) is 128 Å². The van der Waals surface area contributed by atoms with Gasteiger partial charge in [0.25, 0.3) is 0 Å². The van der Waals surface area contributed by atoms with Crippen LogP contribution in [-0.2, 0) is 104 Å². The summed E-state index contributed by atoms with van der Waals surface area (Å²) in [5.41, 5.74) is 0. The summed E-state index contributed by atoms with van der Waals surface area (Å²) in [6, 6.07) is 0. The minimum Gasteiger partial charge on any atom is -0.283 e. The molecule has 6 N–H and O–H groups in total. The van der Waals surface area contributed by atoms with Gasteiger partial charge in [0, 0.05) is 146 Å². The summed E-state index contributed by atoms with van der Waals surface area (Å²) in [6.07, 6.45) is 0.917. The Bertz CT molecular complexity index is 329. The average molecular weight is 618 g/mol. The molecule has 0 aromatic heterocycles. The molecule has 0 aliphatic rings. The van der Waals surface area contributed by atoms with E-state index in [2.05, 4.69) is 0 Å². The Morgan fingerprint density at radius 1 is 0.333 bits per heavy atom. The van der Waals surface area contributed by atoms with Gasteiger partial charge >= 0.3 is 34.7 Å². The molecule has 156 valence electrons. The van der Waals surface area contributed by atoms with Crippen LogP contribution in [0.25, 0.3) is 0 Å². The summed E-state index contributed by atoms with van der Waals surface area (Å²) >= 11 is 0. The molecule has 0 saturated carbocycles. The molecule has 0 heterocycles. The van der Waals surface area contributed by atoms with Crippen LogP contribution in [0.5, 0.6) is 0 Å². The Morgan fingerprint density at radius 2 is 0.407 bits per heavy atom. The smallest absolute Gasteiger partial charge is 0.283 e. The number of ketones is 6. The number of hydrogen-bond acceptors (Lipinski definition) is 0. The quantitative estimate of drug-likeness (QED) is 0.316. The van der Waals surface area contributed by atoms with Crippen molar-refractivity contribution in [3.05, 3.63) is 0 Å². The van der Waals surface area contributed by atoms with Crippen molar-refractivity contribution in [1.29, 1.82) is 0 Å². The maximum atomic E-state index is 8.46. The molecule has 27 heavy (non-hydrogen) atoms. The number of carbonyl (C=O) groups excluding carboxylic acids is 6. The van der Waals surface area contributed by atoms with Gasteiger partial charge in [-0.05, 0) is 0 Å². The predicted molar refractivity (Wildman–Crippen MR) is 89.6 cm³/mol. The summed E-state index contributed by atoms with van der Waals surface area (Å²) < 4.78 is 0. The monoisotopic (exact) mass is 618 g/mol. The summed E-state index contributed by atoms with van der Waals surface area (Å²) in [4.78, 5) is 50.8. The van der Waals surface area contributed by atoms with Gasteiger partial charge in [-0.3, -0.25) is 28.8 Å². The van der Waals surface area contributed by atoms with Gasteiger partial charge in [-0.25, -0.2) is 0 Å². The van der Waals surface area contributed by atoms with Gasteiger partial charge in [-0.15, -0.1) is 0 Å². The van der Waals surface area contributed by atoms with Crippen LogP contribution in [-0.4, -0.2) is 63.5 Å². The van der Waals surface area contributed by atoms with E-state index in [1.54, 1.807) is 41.5 Å². The Hall–Kier alpha value is 1.21. The Morgan fingerprint density at radius 3 is 0.407 bits per heavy atom. The summed E-state index contributed by atoms with van der Waals surface area (Å²) in [7, 11) is 0. The molecule has 0 rings (SSSR count). The SMILES string of the molecule is CC(=[OH+])CC(C)=[OH+].CC(=[OH+])CC(C)=[OH+].CC(=[OH+])CC(C)=[OH+].[Cr].[Cr].[Cr].[Cr].[Cr].[Cr]. The minimum atomic E-state index is 0. The van der Waals surface area contributed by atoms with Crippen LogP contribution in [0, 0.1) is 0 Å². The normalized spacial score (nSPS) is 6.44. The fraction of sp³-hybridized carbons (Fsp3) is 0.600. The predicted octanol–water partition coefficient (Wildman–Crippen LogP) is 1.50. The molecule has 0 fully saturated rings. The third-order valence-corrected chi connectivity index (χ3v) is 1.54. The largest absolute Gasteiger partial charge is 0.302 e. The molecule has 0 aliphatic carbocycles.